The first-order valence-electron chi connectivity index (χ1n) is 3.73. The van der Waals surface area contributed by atoms with Crippen LogP contribution in [0.2, 0.25) is 0 Å². The fourth-order valence-electron chi connectivity index (χ4n) is 0.732. The summed E-state index contributed by atoms with van der Waals surface area (Å²) >= 11 is -2.03. The van der Waals surface area contributed by atoms with Gasteiger partial charge in [-0.2, -0.15) is 0 Å². The molecule has 1 unspecified atom stereocenters. The van der Waals surface area contributed by atoms with Gasteiger partial charge in [-0.1, -0.05) is 6.92 Å². The van der Waals surface area contributed by atoms with E-state index in [2.05, 4.69) is 0 Å². The van der Waals surface area contributed by atoms with Gasteiger partial charge in [-0.25, -0.2) is 0 Å². The van der Waals surface area contributed by atoms with Crippen LogP contribution in [0.25, 0.3) is 0 Å². The molecule has 0 amide bonds. The van der Waals surface area contributed by atoms with E-state index in [0.717, 1.165) is 13.0 Å². The Hall–Kier alpha value is 0.0700. The molecule has 1 atom stereocenters. The van der Waals surface area contributed by atoms with Gasteiger partial charge in [0.1, 0.15) is 0 Å². The van der Waals surface area contributed by atoms with E-state index < -0.39 is 16.0 Å². The van der Waals surface area contributed by atoms with Crippen molar-refractivity contribution in [1.29, 1.82) is 0 Å². The minimum Gasteiger partial charge on any atom is -0.771 e. The molecule has 0 saturated heterocycles. The molecule has 0 N–H and O–H groups in total. The Balaban J connectivity index is 4.17. The zero-order valence-corrected chi connectivity index (χ0v) is 8.40. The van der Waals surface area contributed by atoms with E-state index in [1.165, 1.54) is 0 Å². The maximum Gasteiger partial charge on any atom is 0.0778 e. The Kier molecular flexibility index (Phi) is 4.21. The summed E-state index contributed by atoms with van der Waals surface area (Å²) in [5.41, 5.74) is 0. The molecule has 0 fully saturated rings. The molecule has 0 aliphatic heterocycles. The highest BCUT2D eigenvalue weighted by molar-refractivity contribution is 7.80. The van der Waals surface area contributed by atoms with Crippen LogP contribution in [0.4, 0.5) is 0 Å². The smallest absolute Gasteiger partial charge is 0.0778 e. The first-order valence-corrected chi connectivity index (χ1v) is 4.81. The molecule has 11 heavy (non-hydrogen) atoms. The summed E-state index contributed by atoms with van der Waals surface area (Å²) in [6.45, 7) is 6.23. The molecule has 0 aromatic heterocycles. The minimum atomic E-state index is -2.03. The highest BCUT2D eigenvalue weighted by atomic mass is 32.2. The summed E-state index contributed by atoms with van der Waals surface area (Å²) in [7, 11) is 1.82. The van der Waals surface area contributed by atoms with Gasteiger partial charge >= 0.3 is 0 Å². The van der Waals surface area contributed by atoms with Gasteiger partial charge in [0.15, 0.2) is 0 Å². The van der Waals surface area contributed by atoms with Crippen molar-refractivity contribution in [2.75, 3.05) is 13.6 Å². The molecule has 0 spiro atoms. The fraction of sp³-hybridized carbons (Fsp3) is 1.00. The van der Waals surface area contributed by atoms with Crippen molar-refractivity contribution in [1.82, 2.24) is 4.90 Å². The second-order valence-corrected chi connectivity index (χ2v) is 4.57. The van der Waals surface area contributed by atoms with Crippen molar-refractivity contribution >= 4 is 11.1 Å². The first-order chi connectivity index (χ1) is 4.92. The number of hydrogen-bond donors (Lipinski definition) is 0. The molecule has 0 aliphatic rings. The van der Waals surface area contributed by atoms with E-state index in [9.17, 15) is 8.76 Å². The average molecular weight is 178 g/mol. The predicted octanol–water partition coefficient (Wildman–Crippen LogP) is 0.943. The molecule has 0 aliphatic carbocycles. The maximum absolute atomic E-state index is 10.7. The van der Waals surface area contributed by atoms with Crippen molar-refractivity contribution in [3.05, 3.63) is 0 Å². The summed E-state index contributed by atoms with van der Waals surface area (Å²) in [4.78, 5) is 1.09. The monoisotopic (exact) mass is 178 g/mol. The fourth-order valence-corrected chi connectivity index (χ4v) is 1.08. The molecular formula is C7H16NO2S-. The normalized spacial score (nSPS) is 15.5. The molecular weight excluding hydrogens is 162 g/mol. The predicted molar refractivity (Wildman–Crippen MR) is 45.9 cm³/mol. The van der Waals surface area contributed by atoms with Gasteiger partial charge in [-0.15, -0.1) is 0 Å². The lowest BCUT2D eigenvalue weighted by atomic mass is 10.3. The quantitative estimate of drug-likeness (QED) is 0.602. The Bertz CT molecular complexity index is 147. The van der Waals surface area contributed by atoms with E-state index in [1.807, 2.05) is 18.9 Å². The third-order valence-corrected chi connectivity index (χ3v) is 3.01. The van der Waals surface area contributed by atoms with E-state index in [0.29, 0.717) is 0 Å². The van der Waals surface area contributed by atoms with Crippen molar-refractivity contribution in [3.8, 4) is 0 Å². The van der Waals surface area contributed by atoms with Crippen LogP contribution < -0.4 is 0 Å². The minimum absolute atomic E-state index is 0.740. The summed E-state index contributed by atoms with van der Waals surface area (Å²) in [5.74, 6) is 0. The summed E-state index contributed by atoms with van der Waals surface area (Å²) < 4.78 is 21.4. The van der Waals surface area contributed by atoms with Gasteiger partial charge in [-0.05, 0) is 44.9 Å². The highest BCUT2D eigenvalue weighted by Crippen LogP contribution is 2.15. The molecule has 0 radical (unpaired) electrons. The van der Waals surface area contributed by atoms with Gasteiger partial charge in [0.25, 0.3) is 0 Å². The Labute approximate surface area is 71.1 Å². The summed E-state index contributed by atoms with van der Waals surface area (Å²) in [6, 6.07) is 0. The highest BCUT2D eigenvalue weighted by Gasteiger charge is 2.23. The lowest BCUT2D eigenvalue weighted by Crippen LogP contribution is -2.44. The van der Waals surface area contributed by atoms with Crippen molar-refractivity contribution in [2.24, 2.45) is 0 Å². The molecule has 68 valence electrons. The SMILES string of the molecule is CCCN(C)C(C)(C)S(=O)[O-]. The maximum atomic E-state index is 10.7. The van der Waals surface area contributed by atoms with Gasteiger partial charge < -0.3 is 4.55 Å². The summed E-state index contributed by atoms with van der Waals surface area (Å²) in [5, 5.41) is 0. The second kappa shape index (κ2) is 4.18. The van der Waals surface area contributed by atoms with Crippen molar-refractivity contribution in [3.63, 3.8) is 0 Å². The molecule has 0 rings (SSSR count). The van der Waals surface area contributed by atoms with Crippen LogP contribution in [0.15, 0.2) is 0 Å². The lowest BCUT2D eigenvalue weighted by Gasteiger charge is -2.37. The van der Waals surface area contributed by atoms with Gasteiger partial charge in [0, 0.05) is 0 Å². The molecule has 0 aromatic rings. The first kappa shape index (κ1) is 11.1. The van der Waals surface area contributed by atoms with E-state index >= 15 is 0 Å². The molecule has 4 heteroatoms. The third-order valence-electron chi connectivity index (χ3n) is 1.89. The van der Waals surface area contributed by atoms with Crippen LogP contribution in [0, 0.1) is 0 Å². The lowest BCUT2D eigenvalue weighted by molar-refractivity contribution is 0.227. The zero-order chi connectivity index (χ0) is 9.07. The Morgan fingerprint density at radius 3 is 2.27 bits per heavy atom. The largest absolute Gasteiger partial charge is 0.771 e. The molecule has 3 nitrogen and oxygen atoms in total. The van der Waals surface area contributed by atoms with Crippen LogP contribution >= 0.6 is 0 Å². The van der Waals surface area contributed by atoms with Crippen LogP contribution in [-0.4, -0.2) is 32.1 Å². The summed E-state index contributed by atoms with van der Waals surface area (Å²) in [6.07, 6.45) is 0.969. The van der Waals surface area contributed by atoms with Gasteiger partial charge in [0.05, 0.1) is 4.87 Å². The van der Waals surface area contributed by atoms with E-state index in [-0.39, 0.29) is 0 Å². The standard InChI is InChI=1S/C7H17NO2S/c1-5-6-8(4)7(2,3)11(9)10/h5-6H2,1-4H3,(H,9,10)/p-1. The third kappa shape index (κ3) is 2.89. The molecule has 0 bridgehead atoms. The van der Waals surface area contributed by atoms with Gasteiger partial charge in [-0.3, -0.25) is 9.11 Å². The number of rotatable bonds is 4. The van der Waals surface area contributed by atoms with Crippen LogP contribution in [0.5, 0.6) is 0 Å². The second-order valence-electron chi connectivity index (χ2n) is 3.10. The number of hydrogen-bond acceptors (Lipinski definition) is 3. The Morgan fingerprint density at radius 2 is 2.00 bits per heavy atom. The van der Waals surface area contributed by atoms with Crippen LogP contribution in [0.1, 0.15) is 27.2 Å². The molecule has 0 saturated carbocycles. The molecule has 0 heterocycles. The topological polar surface area (TPSA) is 43.4 Å². The number of nitrogens with zero attached hydrogens (tertiary/aromatic N) is 1. The Morgan fingerprint density at radius 1 is 1.55 bits per heavy atom. The van der Waals surface area contributed by atoms with Crippen molar-refractivity contribution in [2.45, 2.75) is 32.1 Å². The van der Waals surface area contributed by atoms with E-state index in [1.54, 1.807) is 13.8 Å². The van der Waals surface area contributed by atoms with E-state index in [4.69, 9.17) is 0 Å². The van der Waals surface area contributed by atoms with Crippen molar-refractivity contribution < 1.29 is 8.76 Å². The van der Waals surface area contributed by atoms with Gasteiger partial charge in [0.2, 0.25) is 0 Å². The average Bonchev–Trinajstić information content (AvgIpc) is 1.88. The van der Waals surface area contributed by atoms with Crippen LogP contribution in [0.3, 0.4) is 0 Å². The molecule has 0 aromatic carbocycles. The zero-order valence-electron chi connectivity index (χ0n) is 7.59. The van der Waals surface area contributed by atoms with Crippen LogP contribution in [-0.2, 0) is 11.1 Å².